The summed E-state index contributed by atoms with van der Waals surface area (Å²) in [6.45, 7) is 4.03. The van der Waals surface area contributed by atoms with Crippen LogP contribution in [0, 0.1) is 5.92 Å². The predicted octanol–water partition coefficient (Wildman–Crippen LogP) is 3.92. The Balaban J connectivity index is 2.36. The van der Waals surface area contributed by atoms with E-state index >= 15 is 0 Å². The Morgan fingerprint density at radius 3 is 2.42 bits per heavy atom. The molecule has 0 heterocycles. The van der Waals surface area contributed by atoms with Gasteiger partial charge in [-0.15, -0.1) is 0 Å². The smallest absolute Gasteiger partial charge is 0.227 e. The first-order valence-electron chi connectivity index (χ1n) is 6.69. The molecular formula is C16H19NO2. The van der Waals surface area contributed by atoms with Gasteiger partial charge in [0.05, 0.1) is 0 Å². The largest absolute Gasteiger partial charge is 0.507 e. The number of phenols is 1. The molecule has 0 spiro atoms. The van der Waals surface area contributed by atoms with Crippen molar-refractivity contribution in [1.82, 2.24) is 0 Å². The number of phenolic OH excluding ortho intramolecular Hbond substituents is 1. The molecule has 0 saturated carbocycles. The number of amides is 1. The summed E-state index contributed by atoms with van der Waals surface area (Å²) in [5.41, 5.74) is 0.755. The van der Waals surface area contributed by atoms with Crippen molar-refractivity contribution in [3.05, 3.63) is 36.4 Å². The molecule has 1 amide bonds. The van der Waals surface area contributed by atoms with Crippen LogP contribution in [0.5, 0.6) is 5.75 Å². The maximum atomic E-state index is 12.1. The molecule has 0 aromatic heterocycles. The second-order valence-corrected chi connectivity index (χ2v) is 4.68. The fourth-order valence-corrected chi connectivity index (χ4v) is 2.30. The molecule has 0 aliphatic carbocycles. The van der Waals surface area contributed by atoms with Crippen LogP contribution in [0.4, 0.5) is 5.69 Å². The standard InChI is InChI=1S/C16H19NO2/c1-3-11(4-2)16(19)17-14-9-5-8-13-12(14)7-6-10-15(13)18/h5-11,18H,3-4H2,1-2H3,(H,17,19). The summed E-state index contributed by atoms with van der Waals surface area (Å²) >= 11 is 0. The second-order valence-electron chi connectivity index (χ2n) is 4.68. The molecule has 100 valence electrons. The van der Waals surface area contributed by atoms with Crippen molar-refractivity contribution >= 4 is 22.4 Å². The summed E-state index contributed by atoms with van der Waals surface area (Å²) in [6.07, 6.45) is 1.66. The third-order valence-corrected chi connectivity index (χ3v) is 3.51. The fourth-order valence-electron chi connectivity index (χ4n) is 2.30. The van der Waals surface area contributed by atoms with Gasteiger partial charge in [-0.2, -0.15) is 0 Å². The molecule has 2 aromatic rings. The molecule has 0 unspecified atom stereocenters. The van der Waals surface area contributed by atoms with Crippen LogP contribution in [0.15, 0.2) is 36.4 Å². The van der Waals surface area contributed by atoms with E-state index in [1.807, 2.05) is 38.1 Å². The highest BCUT2D eigenvalue weighted by Gasteiger charge is 2.15. The van der Waals surface area contributed by atoms with Gasteiger partial charge in [0.25, 0.3) is 0 Å². The highest BCUT2D eigenvalue weighted by molar-refractivity contribution is 6.04. The average molecular weight is 257 g/mol. The summed E-state index contributed by atoms with van der Waals surface area (Å²) in [5.74, 6) is 0.310. The van der Waals surface area contributed by atoms with Crippen LogP contribution in [-0.4, -0.2) is 11.0 Å². The van der Waals surface area contributed by atoms with Crippen molar-refractivity contribution in [2.45, 2.75) is 26.7 Å². The molecule has 0 radical (unpaired) electrons. The maximum Gasteiger partial charge on any atom is 0.227 e. The number of hydrogen-bond donors (Lipinski definition) is 2. The highest BCUT2D eigenvalue weighted by atomic mass is 16.3. The zero-order valence-corrected chi connectivity index (χ0v) is 11.3. The Kier molecular flexibility index (Phi) is 4.05. The van der Waals surface area contributed by atoms with Crippen LogP contribution in [-0.2, 0) is 4.79 Å². The van der Waals surface area contributed by atoms with Crippen molar-refractivity contribution < 1.29 is 9.90 Å². The molecule has 2 rings (SSSR count). The van der Waals surface area contributed by atoms with Crippen molar-refractivity contribution in [2.24, 2.45) is 5.92 Å². The van der Waals surface area contributed by atoms with E-state index in [0.29, 0.717) is 0 Å². The minimum Gasteiger partial charge on any atom is -0.507 e. The summed E-state index contributed by atoms with van der Waals surface area (Å²) in [4.78, 5) is 12.1. The average Bonchev–Trinajstić information content (AvgIpc) is 2.41. The van der Waals surface area contributed by atoms with E-state index in [9.17, 15) is 9.90 Å². The van der Waals surface area contributed by atoms with Gasteiger partial charge in [-0.1, -0.05) is 38.1 Å². The molecule has 0 aliphatic rings. The number of hydrogen-bond acceptors (Lipinski definition) is 2. The molecule has 2 N–H and O–H groups in total. The van der Waals surface area contributed by atoms with E-state index < -0.39 is 0 Å². The predicted molar refractivity (Wildman–Crippen MR) is 78.3 cm³/mol. The van der Waals surface area contributed by atoms with E-state index in [2.05, 4.69) is 5.32 Å². The SMILES string of the molecule is CCC(CC)C(=O)Nc1cccc2c(O)cccc12. The second kappa shape index (κ2) is 5.74. The van der Waals surface area contributed by atoms with Crippen LogP contribution < -0.4 is 5.32 Å². The number of rotatable bonds is 4. The van der Waals surface area contributed by atoms with E-state index in [4.69, 9.17) is 0 Å². The summed E-state index contributed by atoms with van der Waals surface area (Å²) in [6, 6.07) is 10.9. The fraction of sp³-hybridized carbons (Fsp3) is 0.312. The van der Waals surface area contributed by atoms with Gasteiger partial charge in [-0.25, -0.2) is 0 Å². The summed E-state index contributed by atoms with van der Waals surface area (Å²) < 4.78 is 0. The van der Waals surface area contributed by atoms with Gasteiger partial charge in [-0.05, 0) is 25.0 Å². The summed E-state index contributed by atoms with van der Waals surface area (Å²) in [7, 11) is 0. The molecule has 3 nitrogen and oxygen atoms in total. The lowest BCUT2D eigenvalue weighted by Crippen LogP contribution is -2.21. The number of carbonyl (C=O) groups excluding carboxylic acids is 1. The van der Waals surface area contributed by atoms with Crippen LogP contribution in [0.2, 0.25) is 0 Å². The van der Waals surface area contributed by atoms with E-state index in [-0.39, 0.29) is 17.6 Å². The molecule has 0 aliphatic heterocycles. The maximum absolute atomic E-state index is 12.1. The van der Waals surface area contributed by atoms with Crippen LogP contribution in [0.25, 0.3) is 10.8 Å². The Morgan fingerprint density at radius 1 is 1.11 bits per heavy atom. The molecular weight excluding hydrogens is 238 g/mol. The molecule has 0 fully saturated rings. The lowest BCUT2D eigenvalue weighted by molar-refractivity contribution is -0.120. The third kappa shape index (κ3) is 2.70. The number of carbonyl (C=O) groups is 1. The molecule has 19 heavy (non-hydrogen) atoms. The third-order valence-electron chi connectivity index (χ3n) is 3.51. The van der Waals surface area contributed by atoms with Crippen LogP contribution in [0.1, 0.15) is 26.7 Å². The summed E-state index contributed by atoms with van der Waals surface area (Å²) in [5, 5.41) is 14.4. The van der Waals surface area contributed by atoms with Gasteiger partial charge in [0, 0.05) is 22.4 Å². The molecule has 0 bridgehead atoms. The van der Waals surface area contributed by atoms with Gasteiger partial charge in [0.1, 0.15) is 5.75 Å². The van der Waals surface area contributed by atoms with Gasteiger partial charge in [0.2, 0.25) is 5.91 Å². The Labute approximate surface area is 113 Å². The number of benzene rings is 2. The van der Waals surface area contributed by atoms with Crippen molar-refractivity contribution in [1.29, 1.82) is 0 Å². The Bertz CT molecular complexity index is 588. The van der Waals surface area contributed by atoms with E-state index in [1.165, 1.54) is 0 Å². The van der Waals surface area contributed by atoms with Gasteiger partial charge < -0.3 is 10.4 Å². The first-order valence-corrected chi connectivity index (χ1v) is 6.69. The minimum absolute atomic E-state index is 0.0348. The number of anilines is 1. The first kappa shape index (κ1) is 13.4. The molecule has 3 heteroatoms. The van der Waals surface area contributed by atoms with E-state index in [0.717, 1.165) is 29.3 Å². The van der Waals surface area contributed by atoms with Crippen LogP contribution in [0.3, 0.4) is 0 Å². The minimum atomic E-state index is 0.0348. The zero-order valence-electron chi connectivity index (χ0n) is 11.3. The van der Waals surface area contributed by atoms with Gasteiger partial charge >= 0.3 is 0 Å². The Hall–Kier alpha value is -2.03. The number of aromatic hydroxyl groups is 1. The van der Waals surface area contributed by atoms with Crippen molar-refractivity contribution in [3.8, 4) is 5.75 Å². The van der Waals surface area contributed by atoms with E-state index in [1.54, 1.807) is 12.1 Å². The normalized spacial score (nSPS) is 10.9. The lowest BCUT2D eigenvalue weighted by atomic mass is 10.0. The van der Waals surface area contributed by atoms with Gasteiger partial charge in [-0.3, -0.25) is 4.79 Å². The van der Waals surface area contributed by atoms with Crippen molar-refractivity contribution in [2.75, 3.05) is 5.32 Å². The lowest BCUT2D eigenvalue weighted by Gasteiger charge is -2.14. The molecule has 2 aromatic carbocycles. The first-order chi connectivity index (χ1) is 9.17. The highest BCUT2D eigenvalue weighted by Crippen LogP contribution is 2.30. The molecule has 0 saturated heterocycles. The van der Waals surface area contributed by atoms with Crippen molar-refractivity contribution in [3.63, 3.8) is 0 Å². The number of fused-ring (bicyclic) bond motifs is 1. The van der Waals surface area contributed by atoms with Gasteiger partial charge in [0.15, 0.2) is 0 Å². The van der Waals surface area contributed by atoms with Crippen LogP contribution >= 0.6 is 0 Å². The quantitative estimate of drug-likeness (QED) is 0.872. The number of nitrogens with one attached hydrogen (secondary N) is 1. The Morgan fingerprint density at radius 2 is 1.74 bits per heavy atom. The molecule has 0 atom stereocenters. The monoisotopic (exact) mass is 257 g/mol. The zero-order chi connectivity index (χ0) is 13.8. The topological polar surface area (TPSA) is 49.3 Å².